The maximum Gasteiger partial charge on any atom is 0.165 e. The Balaban J connectivity index is 1.70. The van der Waals surface area contributed by atoms with E-state index in [-0.39, 0.29) is 0 Å². The zero-order valence-electron chi connectivity index (χ0n) is 17.1. The van der Waals surface area contributed by atoms with Crippen LogP contribution >= 0.6 is 0 Å². The maximum absolute atomic E-state index is 5.53. The molecule has 4 aromatic rings. The van der Waals surface area contributed by atoms with E-state index >= 15 is 0 Å². The minimum atomic E-state index is 0.802. The summed E-state index contributed by atoms with van der Waals surface area (Å²) in [6, 6.07) is 18.6. The molecule has 1 N–H and O–H groups in total. The molecular formula is C24H26N4O. The van der Waals surface area contributed by atoms with Crippen molar-refractivity contribution in [2.45, 2.75) is 33.1 Å². The molecule has 0 amide bonds. The van der Waals surface area contributed by atoms with Gasteiger partial charge in [-0.2, -0.15) is 9.61 Å². The number of hydrogen-bond acceptors (Lipinski definition) is 4. The number of methoxy groups -OCH3 is 1. The first kappa shape index (κ1) is 19.0. The first-order chi connectivity index (χ1) is 14.2. The van der Waals surface area contributed by atoms with Gasteiger partial charge in [-0.15, -0.1) is 0 Å². The molecule has 0 saturated carbocycles. The Morgan fingerprint density at radius 2 is 1.83 bits per heavy atom. The Morgan fingerprint density at radius 1 is 1.03 bits per heavy atom. The van der Waals surface area contributed by atoms with Crippen LogP contribution in [0.3, 0.4) is 0 Å². The topological polar surface area (TPSA) is 51.5 Å². The maximum atomic E-state index is 5.53. The van der Waals surface area contributed by atoms with Gasteiger partial charge in [0.05, 0.1) is 18.9 Å². The van der Waals surface area contributed by atoms with Crippen LogP contribution in [0.15, 0.2) is 60.8 Å². The molecule has 148 valence electrons. The van der Waals surface area contributed by atoms with Gasteiger partial charge >= 0.3 is 0 Å². The molecule has 0 aliphatic rings. The molecule has 0 radical (unpaired) electrons. The van der Waals surface area contributed by atoms with Crippen LogP contribution in [0.2, 0.25) is 0 Å². The summed E-state index contributed by atoms with van der Waals surface area (Å²) in [4.78, 5) is 4.74. The van der Waals surface area contributed by atoms with Crippen LogP contribution in [0, 0.1) is 6.92 Å². The molecule has 0 spiro atoms. The molecule has 5 heteroatoms. The number of ether oxygens (including phenoxy) is 1. The molecule has 5 nitrogen and oxygen atoms in total. The number of aromatic nitrogens is 3. The van der Waals surface area contributed by atoms with Crippen LogP contribution in [0.4, 0.5) is 11.5 Å². The number of anilines is 2. The Morgan fingerprint density at radius 3 is 2.59 bits per heavy atom. The number of unbranched alkanes of at least 4 members (excludes halogenated alkanes) is 1. The fourth-order valence-electron chi connectivity index (χ4n) is 3.51. The van der Waals surface area contributed by atoms with Gasteiger partial charge in [0.1, 0.15) is 11.6 Å². The number of hydrogen-bond donors (Lipinski definition) is 1. The summed E-state index contributed by atoms with van der Waals surface area (Å²) in [7, 11) is 1.68. The third kappa shape index (κ3) is 3.94. The zero-order valence-corrected chi connectivity index (χ0v) is 17.1. The molecule has 2 heterocycles. The summed E-state index contributed by atoms with van der Waals surface area (Å²) in [5.74, 6) is 1.69. The number of benzene rings is 2. The Hall–Kier alpha value is -3.34. The number of nitrogens with zero attached hydrogens (tertiary/aromatic N) is 3. The average molecular weight is 386 g/mol. The van der Waals surface area contributed by atoms with E-state index < -0.39 is 0 Å². The summed E-state index contributed by atoms with van der Waals surface area (Å²) in [5.41, 5.74) is 6.06. The van der Waals surface area contributed by atoms with Crippen molar-refractivity contribution in [1.29, 1.82) is 0 Å². The number of nitrogens with one attached hydrogen (secondary N) is 1. The number of aryl methyl sites for hydroxylation is 2. The molecule has 0 aliphatic carbocycles. The molecule has 0 fully saturated rings. The second-order valence-electron chi connectivity index (χ2n) is 7.20. The highest BCUT2D eigenvalue weighted by Crippen LogP contribution is 2.33. The molecule has 0 aliphatic heterocycles. The predicted octanol–water partition coefficient (Wildman–Crippen LogP) is 5.80. The molecule has 4 rings (SSSR count). The summed E-state index contributed by atoms with van der Waals surface area (Å²) < 4.78 is 7.38. The largest absolute Gasteiger partial charge is 0.496 e. The quantitative estimate of drug-likeness (QED) is 0.436. The van der Waals surface area contributed by atoms with Gasteiger partial charge in [0.25, 0.3) is 0 Å². The fraction of sp³-hybridized carbons (Fsp3) is 0.250. The van der Waals surface area contributed by atoms with E-state index in [0.717, 1.165) is 46.1 Å². The lowest BCUT2D eigenvalue weighted by Crippen LogP contribution is -2.02. The third-order valence-corrected chi connectivity index (χ3v) is 5.04. The highest BCUT2D eigenvalue weighted by molar-refractivity contribution is 5.82. The second kappa shape index (κ2) is 8.35. The molecule has 0 bridgehead atoms. The average Bonchev–Trinajstić information content (AvgIpc) is 3.17. The van der Waals surface area contributed by atoms with E-state index in [2.05, 4.69) is 41.6 Å². The lowest BCUT2D eigenvalue weighted by molar-refractivity contribution is 0.416. The lowest BCUT2D eigenvalue weighted by Gasteiger charge is -2.11. The Bertz CT molecular complexity index is 1120. The normalized spacial score (nSPS) is 11.0. The smallest absolute Gasteiger partial charge is 0.165 e. The third-order valence-electron chi connectivity index (χ3n) is 5.04. The summed E-state index contributed by atoms with van der Waals surface area (Å²) in [6.07, 6.45) is 5.40. The van der Waals surface area contributed by atoms with Crippen molar-refractivity contribution in [1.82, 2.24) is 14.6 Å². The standard InChI is InChI=1S/C24H26N4O/c1-4-5-8-18-11-13-19(14-12-18)27-23-15-17(2)26-24-21(16-25-28(23)24)20-9-6-7-10-22(20)29-3/h6-7,9-16,27H,4-5,8H2,1-3H3. The summed E-state index contributed by atoms with van der Waals surface area (Å²) in [6.45, 7) is 4.22. The van der Waals surface area contributed by atoms with Gasteiger partial charge < -0.3 is 10.1 Å². The van der Waals surface area contributed by atoms with Gasteiger partial charge in [-0.3, -0.25) is 0 Å². The minimum absolute atomic E-state index is 0.802. The Labute approximate surface area is 171 Å². The van der Waals surface area contributed by atoms with Crippen LogP contribution < -0.4 is 10.1 Å². The van der Waals surface area contributed by atoms with Gasteiger partial charge in [-0.1, -0.05) is 43.7 Å². The molecule has 0 unspecified atom stereocenters. The monoisotopic (exact) mass is 386 g/mol. The molecule has 0 saturated heterocycles. The molecule has 2 aromatic heterocycles. The van der Waals surface area contributed by atoms with Crippen molar-refractivity contribution in [3.05, 3.63) is 72.1 Å². The van der Waals surface area contributed by atoms with E-state index in [9.17, 15) is 0 Å². The van der Waals surface area contributed by atoms with Crippen molar-refractivity contribution in [3.63, 3.8) is 0 Å². The van der Waals surface area contributed by atoms with Gasteiger partial charge in [0.2, 0.25) is 0 Å². The van der Waals surface area contributed by atoms with Gasteiger partial charge in [-0.05, 0) is 43.5 Å². The van der Waals surface area contributed by atoms with E-state index in [1.54, 1.807) is 7.11 Å². The molecule has 0 atom stereocenters. The zero-order chi connectivity index (χ0) is 20.2. The lowest BCUT2D eigenvalue weighted by atomic mass is 10.1. The highest BCUT2D eigenvalue weighted by Gasteiger charge is 2.15. The van der Waals surface area contributed by atoms with Crippen molar-refractivity contribution >= 4 is 17.2 Å². The van der Waals surface area contributed by atoms with Gasteiger partial charge in [-0.25, -0.2) is 4.98 Å². The van der Waals surface area contributed by atoms with E-state index in [0.29, 0.717) is 0 Å². The van der Waals surface area contributed by atoms with E-state index in [4.69, 9.17) is 9.72 Å². The van der Waals surface area contributed by atoms with E-state index in [1.165, 1.54) is 18.4 Å². The van der Waals surface area contributed by atoms with Crippen molar-refractivity contribution in [2.75, 3.05) is 12.4 Å². The molecule has 29 heavy (non-hydrogen) atoms. The summed E-state index contributed by atoms with van der Waals surface area (Å²) >= 11 is 0. The minimum Gasteiger partial charge on any atom is -0.496 e. The van der Waals surface area contributed by atoms with Crippen LogP contribution in [0.1, 0.15) is 31.0 Å². The first-order valence-corrected chi connectivity index (χ1v) is 10.0. The van der Waals surface area contributed by atoms with Crippen LogP contribution in [-0.2, 0) is 6.42 Å². The number of rotatable bonds is 7. The highest BCUT2D eigenvalue weighted by atomic mass is 16.5. The van der Waals surface area contributed by atoms with Crippen molar-refractivity contribution < 1.29 is 4.74 Å². The van der Waals surface area contributed by atoms with E-state index in [1.807, 2.05) is 48.0 Å². The second-order valence-corrected chi connectivity index (χ2v) is 7.20. The molecule has 2 aromatic carbocycles. The van der Waals surface area contributed by atoms with Crippen LogP contribution in [0.5, 0.6) is 5.75 Å². The number of fused-ring (bicyclic) bond motifs is 1. The molecular weight excluding hydrogens is 360 g/mol. The predicted molar refractivity (Wildman–Crippen MR) is 118 cm³/mol. The summed E-state index contributed by atoms with van der Waals surface area (Å²) in [5, 5.41) is 8.10. The first-order valence-electron chi connectivity index (χ1n) is 10.0. The van der Waals surface area contributed by atoms with Crippen molar-refractivity contribution in [2.24, 2.45) is 0 Å². The SMILES string of the molecule is CCCCc1ccc(Nc2cc(C)nc3c(-c4ccccc4OC)cnn23)cc1. The fourth-order valence-corrected chi connectivity index (χ4v) is 3.51. The Kier molecular flexibility index (Phi) is 5.47. The number of para-hydroxylation sites is 1. The van der Waals surface area contributed by atoms with Crippen LogP contribution in [-0.4, -0.2) is 21.7 Å². The van der Waals surface area contributed by atoms with Crippen LogP contribution in [0.25, 0.3) is 16.8 Å². The van der Waals surface area contributed by atoms with Gasteiger partial charge in [0.15, 0.2) is 5.65 Å². The van der Waals surface area contributed by atoms with Crippen molar-refractivity contribution in [3.8, 4) is 16.9 Å². The van der Waals surface area contributed by atoms with Gasteiger partial charge in [0, 0.05) is 23.0 Å².